The summed E-state index contributed by atoms with van der Waals surface area (Å²) < 4.78 is 0. The SMILES string of the molecule is O=C1CCC(N2Cc3cc(CN4CCCNCCNCCCNCC4)ccc3C2=O)C(=O)N1. The third kappa shape index (κ3) is 6.38. The second-order valence-electron chi connectivity index (χ2n) is 9.12. The minimum Gasteiger partial charge on any atom is -0.322 e. The van der Waals surface area contributed by atoms with E-state index in [1.807, 2.05) is 12.1 Å². The van der Waals surface area contributed by atoms with E-state index in [2.05, 4.69) is 32.2 Å². The lowest BCUT2D eigenvalue weighted by atomic mass is 10.0. The van der Waals surface area contributed by atoms with Crippen LogP contribution >= 0.6 is 0 Å². The van der Waals surface area contributed by atoms with Crippen molar-refractivity contribution in [2.75, 3.05) is 52.4 Å². The predicted molar refractivity (Wildman–Crippen MR) is 126 cm³/mol. The molecule has 9 heteroatoms. The molecule has 1 aromatic carbocycles. The number of nitrogens with one attached hydrogen (secondary N) is 4. The van der Waals surface area contributed by atoms with Gasteiger partial charge in [0.05, 0.1) is 0 Å². The molecule has 1 aromatic rings. The minimum absolute atomic E-state index is 0.117. The molecule has 2 fully saturated rings. The van der Waals surface area contributed by atoms with Crippen molar-refractivity contribution in [3.8, 4) is 0 Å². The van der Waals surface area contributed by atoms with Crippen LogP contribution in [0.5, 0.6) is 0 Å². The van der Waals surface area contributed by atoms with Crippen molar-refractivity contribution in [1.29, 1.82) is 0 Å². The van der Waals surface area contributed by atoms with Gasteiger partial charge in [-0.2, -0.15) is 0 Å². The Hall–Kier alpha value is -2.33. The Labute approximate surface area is 195 Å². The molecule has 3 aliphatic heterocycles. The number of piperidine rings is 1. The van der Waals surface area contributed by atoms with Crippen molar-refractivity contribution in [3.05, 3.63) is 34.9 Å². The predicted octanol–water partition coefficient (Wildman–Crippen LogP) is -0.188. The summed E-state index contributed by atoms with van der Waals surface area (Å²) in [5.41, 5.74) is 2.82. The Morgan fingerprint density at radius 3 is 2.42 bits per heavy atom. The molecule has 2 saturated heterocycles. The highest BCUT2D eigenvalue weighted by Crippen LogP contribution is 2.28. The summed E-state index contributed by atoms with van der Waals surface area (Å²) in [6, 6.07) is 5.48. The number of imide groups is 1. The zero-order chi connectivity index (χ0) is 23.0. The number of hydrogen-bond donors (Lipinski definition) is 4. The molecule has 0 spiro atoms. The van der Waals surface area contributed by atoms with E-state index in [1.54, 1.807) is 4.90 Å². The quantitative estimate of drug-likeness (QED) is 0.468. The van der Waals surface area contributed by atoms with Crippen LogP contribution in [0.3, 0.4) is 0 Å². The molecule has 33 heavy (non-hydrogen) atoms. The lowest BCUT2D eigenvalue weighted by Crippen LogP contribution is -2.52. The number of rotatable bonds is 3. The Morgan fingerprint density at radius 2 is 1.64 bits per heavy atom. The number of nitrogens with zero attached hydrogens (tertiary/aromatic N) is 2. The monoisotopic (exact) mass is 456 g/mol. The second-order valence-corrected chi connectivity index (χ2v) is 9.12. The topological polar surface area (TPSA) is 106 Å². The fourth-order valence-electron chi connectivity index (χ4n) is 4.81. The van der Waals surface area contributed by atoms with Crippen molar-refractivity contribution in [2.24, 2.45) is 0 Å². The average Bonchev–Trinajstić information content (AvgIpc) is 3.12. The number of benzene rings is 1. The molecule has 4 rings (SSSR count). The van der Waals surface area contributed by atoms with Gasteiger partial charge < -0.3 is 20.9 Å². The zero-order valence-electron chi connectivity index (χ0n) is 19.3. The maximum atomic E-state index is 12.9. The second kappa shape index (κ2) is 11.7. The molecule has 1 unspecified atom stereocenters. The molecule has 3 heterocycles. The van der Waals surface area contributed by atoms with Crippen LogP contribution in [0.2, 0.25) is 0 Å². The highest BCUT2D eigenvalue weighted by atomic mass is 16.2. The van der Waals surface area contributed by atoms with Gasteiger partial charge in [0.15, 0.2) is 0 Å². The van der Waals surface area contributed by atoms with Gasteiger partial charge in [-0.25, -0.2) is 0 Å². The van der Waals surface area contributed by atoms with Crippen molar-refractivity contribution < 1.29 is 14.4 Å². The number of fused-ring (bicyclic) bond motifs is 1. The smallest absolute Gasteiger partial charge is 0.255 e. The molecular formula is C24H36N6O3. The van der Waals surface area contributed by atoms with Crippen molar-refractivity contribution in [1.82, 2.24) is 31.1 Å². The summed E-state index contributed by atoms with van der Waals surface area (Å²) in [5.74, 6) is -0.745. The maximum Gasteiger partial charge on any atom is 0.255 e. The fraction of sp³-hybridized carbons (Fsp3) is 0.625. The summed E-state index contributed by atoms with van der Waals surface area (Å²) in [6.45, 7) is 9.28. The number of hydrogen-bond acceptors (Lipinski definition) is 7. The molecular weight excluding hydrogens is 420 g/mol. The third-order valence-electron chi connectivity index (χ3n) is 6.61. The Morgan fingerprint density at radius 1 is 0.879 bits per heavy atom. The van der Waals surface area contributed by atoms with E-state index in [4.69, 9.17) is 0 Å². The Kier molecular flexibility index (Phi) is 8.44. The van der Waals surface area contributed by atoms with Gasteiger partial charge in [0.1, 0.15) is 6.04 Å². The van der Waals surface area contributed by atoms with Gasteiger partial charge in [0, 0.05) is 51.3 Å². The van der Waals surface area contributed by atoms with Crippen LogP contribution in [0.25, 0.3) is 0 Å². The van der Waals surface area contributed by atoms with E-state index in [0.29, 0.717) is 18.5 Å². The average molecular weight is 457 g/mol. The first-order valence-corrected chi connectivity index (χ1v) is 12.2. The zero-order valence-corrected chi connectivity index (χ0v) is 19.3. The Balaban J connectivity index is 1.37. The fourth-order valence-corrected chi connectivity index (χ4v) is 4.81. The standard InChI is InChI=1S/C24H36N6O3/c31-22-6-5-21(23(32)28-22)30-17-19-15-18(3-4-20(19)24(30)33)16-29-13-2-9-26-11-10-25-7-1-8-27-12-14-29/h3-4,15,21,25-27H,1-2,5-14,16-17H2,(H,28,31,32). The molecule has 3 amide bonds. The molecule has 0 aromatic heterocycles. The summed E-state index contributed by atoms with van der Waals surface area (Å²) >= 11 is 0. The first-order valence-electron chi connectivity index (χ1n) is 12.2. The van der Waals surface area contributed by atoms with Gasteiger partial charge in [0.25, 0.3) is 5.91 Å². The van der Waals surface area contributed by atoms with Crippen LogP contribution in [0.1, 0.15) is 47.2 Å². The van der Waals surface area contributed by atoms with Gasteiger partial charge in [-0.05, 0) is 62.6 Å². The molecule has 0 bridgehead atoms. The van der Waals surface area contributed by atoms with Crippen LogP contribution in [0, 0.1) is 0 Å². The van der Waals surface area contributed by atoms with Crippen LogP contribution in [0.15, 0.2) is 18.2 Å². The normalized spacial score (nSPS) is 24.3. The van der Waals surface area contributed by atoms with E-state index in [9.17, 15) is 14.4 Å². The number of carbonyl (C=O) groups is 3. The van der Waals surface area contributed by atoms with Gasteiger partial charge in [-0.1, -0.05) is 12.1 Å². The number of amides is 3. The molecule has 0 aliphatic carbocycles. The lowest BCUT2D eigenvalue weighted by Gasteiger charge is -2.29. The third-order valence-corrected chi connectivity index (χ3v) is 6.61. The van der Waals surface area contributed by atoms with Crippen LogP contribution in [0.4, 0.5) is 0 Å². The summed E-state index contributed by atoms with van der Waals surface area (Å²) in [7, 11) is 0. The minimum atomic E-state index is -0.567. The van der Waals surface area contributed by atoms with Crippen LogP contribution < -0.4 is 21.3 Å². The number of carbonyl (C=O) groups excluding carboxylic acids is 3. The van der Waals surface area contributed by atoms with Gasteiger partial charge in [0.2, 0.25) is 11.8 Å². The van der Waals surface area contributed by atoms with Crippen molar-refractivity contribution in [2.45, 2.75) is 44.8 Å². The molecule has 180 valence electrons. The van der Waals surface area contributed by atoms with Gasteiger partial charge >= 0.3 is 0 Å². The summed E-state index contributed by atoms with van der Waals surface area (Å²) in [6.07, 6.45) is 2.88. The maximum absolute atomic E-state index is 12.9. The molecule has 4 N–H and O–H groups in total. The van der Waals surface area contributed by atoms with E-state index in [-0.39, 0.29) is 24.1 Å². The van der Waals surface area contributed by atoms with Crippen molar-refractivity contribution >= 4 is 17.7 Å². The summed E-state index contributed by atoms with van der Waals surface area (Å²) in [5, 5.41) is 12.9. The van der Waals surface area contributed by atoms with Crippen LogP contribution in [-0.4, -0.2) is 85.9 Å². The highest BCUT2D eigenvalue weighted by molar-refractivity contribution is 6.05. The summed E-state index contributed by atoms with van der Waals surface area (Å²) in [4.78, 5) is 40.7. The Bertz CT molecular complexity index is 847. The highest BCUT2D eigenvalue weighted by Gasteiger charge is 2.39. The molecule has 1 atom stereocenters. The molecule has 0 radical (unpaired) electrons. The van der Waals surface area contributed by atoms with E-state index >= 15 is 0 Å². The van der Waals surface area contributed by atoms with E-state index in [0.717, 1.165) is 77.3 Å². The molecule has 0 saturated carbocycles. The molecule has 3 aliphatic rings. The van der Waals surface area contributed by atoms with E-state index in [1.165, 1.54) is 5.56 Å². The molecule has 9 nitrogen and oxygen atoms in total. The first kappa shape index (κ1) is 23.8. The van der Waals surface area contributed by atoms with Crippen LogP contribution in [-0.2, 0) is 22.7 Å². The largest absolute Gasteiger partial charge is 0.322 e. The van der Waals surface area contributed by atoms with Gasteiger partial charge in [-0.3, -0.25) is 24.6 Å². The first-order chi connectivity index (χ1) is 16.1. The lowest BCUT2D eigenvalue weighted by molar-refractivity contribution is -0.136. The van der Waals surface area contributed by atoms with Crippen molar-refractivity contribution in [3.63, 3.8) is 0 Å². The van der Waals surface area contributed by atoms with Gasteiger partial charge in [-0.15, -0.1) is 0 Å². The van der Waals surface area contributed by atoms with E-state index < -0.39 is 6.04 Å².